The molecule has 4 nitrogen and oxygen atoms in total. The van der Waals surface area contributed by atoms with Crippen molar-refractivity contribution >= 4 is 5.97 Å². The summed E-state index contributed by atoms with van der Waals surface area (Å²) in [6.07, 6.45) is 5.05. The van der Waals surface area contributed by atoms with Crippen molar-refractivity contribution < 1.29 is 19.0 Å². The minimum atomic E-state index is -0.0736. The van der Waals surface area contributed by atoms with Gasteiger partial charge >= 0.3 is 5.97 Å². The molecule has 19 heavy (non-hydrogen) atoms. The van der Waals surface area contributed by atoms with Gasteiger partial charge in [0.25, 0.3) is 0 Å². The van der Waals surface area contributed by atoms with Crippen molar-refractivity contribution in [2.45, 2.75) is 52.1 Å². The largest absolute Gasteiger partial charge is 0.469 e. The summed E-state index contributed by atoms with van der Waals surface area (Å²) in [7, 11) is 1.46. The molecule has 0 saturated heterocycles. The van der Waals surface area contributed by atoms with Crippen LogP contribution in [0.3, 0.4) is 0 Å². The van der Waals surface area contributed by atoms with Crippen molar-refractivity contribution in [1.82, 2.24) is 0 Å². The molecule has 0 N–H and O–H groups in total. The van der Waals surface area contributed by atoms with Crippen molar-refractivity contribution in [2.75, 3.05) is 26.9 Å². The zero-order chi connectivity index (χ0) is 14.1. The minimum absolute atomic E-state index is 0.0736. The Balaban J connectivity index is 1.99. The van der Waals surface area contributed by atoms with Gasteiger partial charge in [-0.2, -0.15) is 0 Å². The molecule has 0 aromatic carbocycles. The van der Waals surface area contributed by atoms with E-state index in [1.807, 2.05) is 0 Å². The van der Waals surface area contributed by atoms with Gasteiger partial charge in [0, 0.05) is 6.61 Å². The number of hydrogen-bond acceptors (Lipinski definition) is 4. The van der Waals surface area contributed by atoms with Crippen LogP contribution in [0.1, 0.15) is 46.0 Å². The van der Waals surface area contributed by atoms with E-state index in [4.69, 9.17) is 14.2 Å². The van der Waals surface area contributed by atoms with E-state index < -0.39 is 0 Å². The molecule has 0 unspecified atom stereocenters. The molecule has 4 heteroatoms. The molecule has 0 radical (unpaired) electrons. The average Bonchev–Trinajstić information content (AvgIpc) is 2.42. The van der Waals surface area contributed by atoms with Gasteiger partial charge in [-0.3, -0.25) is 4.79 Å². The van der Waals surface area contributed by atoms with E-state index in [0.717, 1.165) is 38.7 Å². The van der Waals surface area contributed by atoms with Gasteiger partial charge in [-0.05, 0) is 38.0 Å². The van der Waals surface area contributed by atoms with E-state index in [1.165, 1.54) is 7.11 Å². The molecule has 1 fully saturated rings. The van der Waals surface area contributed by atoms with E-state index in [1.54, 1.807) is 0 Å². The monoisotopic (exact) mass is 272 g/mol. The lowest BCUT2D eigenvalue weighted by Crippen LogP contribution is -2.27. The van der Waals surface area contributed by atoms with Gasteiger partial charge in [-0.15, -0.1) is 0 Å². The average molecular weight is 272 g/mol. The third-order valence-corrected chi connectivity index (χ3v) is 3.63. The highest BCUT2D eigenvalue weighted by atomic mass is 16.5. The highest BCUT2D eigenvalue weighted by Crippen LogP contribution is 2.26. The fourth-order valence-electron chi connectivity index (χ4n) is 2.33. The highest BCUT2D eigenvalue weighted by Gasteiger charge is 2.27. The number of carbonyl (C=O) groups is 1. The molecule has 0 aliphatic heterocycles. The first-order valence-electron chi connectivity index (χ1n) is 7.40. The van der Waals surface area contributed by atoms with Crippen molar-refractivity contribution in [1.29, 1.82) is 0 Å². The Bertz CT molecular complexity index is 245. The van der Waals surface area contributed by atoms with Crippen LogP contribution in [0.4, 0.5) is 0 Å². The molecular weight excluding hydrogens is 244 g/mol. The normalized spacial score (nSPS) is 23.6. The smallest absolute Gasteiger partial charge is 0.308 e. The molecule has 1 saturated carbocycles. The molecule has 1 rings (SSSR count). The summed E-state index contributed by atoms with van der Waals surface area (Å²) in [5.74, 6) is 0.692. The van der Waals surface area contributed by atoms with E-state index in [0.29, 0.717) is 19.1 Å². The van der Waals surface area contributed by atoms with Crippen LogP contribution in [0, 0.1) is 11.8 Å². The SMILES string of the molecule is COC(=O)C1CCC(OCCOCCC(C)C)CC1. The van der Waals surface area contributed by atoms with E-state index in [2.05, 4.69) is 13.8 Å². The molecule has 0 aromatic rings. The zero-order valence-electron chi connectivity index (χ0n) is 12.5. The first-order chi connectivity index (χ1) is 9.13. The molecule has 112 valence electrons. The third-order valence-electron chi connectivity index (χ3n) is 3.63. The zero-order valence-corrected chi connectivity index (χ0v) is 12.5. The van der Waals surface area contributed by atoms with Gasteiger partial charge in [-0.1, -0.05) is 13.8 Å². The number of methoxy groups -OCH3 is 1. The van der Waals surface area contributed by atoms with Crippen molar-refractivity contribution in [3.63, 3.8) is 0 Å². The van der Waals surface area contributed by atoms with Crippen LogP contribution in [0.5, 0.6) is 0 Å². The summed E-state index contributed by atoms with van der Waals surface area (Å²) >= 11 is 0. The van der Waals surface area contributed by atoms with Crippen LogP contribution < -0.4 is 0 Å². The predicted molar refractivity (Wildman–Crippen MR) is 74.0 cm³/mol. The molecule has 0 heterocycles. The maximum absolute atomic E-state index is 11.4. The Morgan fingerprint density at radius 1 is 1.11 bits per heavy atom. The molecule has 1 aliphatic rings. The summed E-state index contributed by atoms with van der Waals surface area (Å²) in [6, 6.07) is 0. The molecule has 0 spiro atoms. The van der Waals surface area contributed by atoms with Crippen LogP contribution >= 0.6 is 0 Å². The fourth-order valence-corrected chi connectivity index (χ4v) is 2.33. The summed E-state index contributed by atoms with van der Waals surface area (Å²) in [4.78, 5) is 11.4. The van der Waals surface area contributed by atoms with E-state index >= 15 is 0 Å². The van der Waals surface area contributed by atoms with Crippen LogP contribution in [-0.4, -0.2) is 39.0 Å². The van der Waals surface area contributed by atoms with E-state index in [9.17, 15) is 4.79 Å². The molecule has 0 amide bonds. The Hall–Kier alpha value is -0.610. The lowest BCUT2D eigenvalue weighted by atomic mass is 9.87. The second-order valence-corrected chi connectivity index (χ2v) is 5.66. The van der Waals surface area contributed by atoms with Gasteiger partial charge in [0.05, 0.1) is 32.3 Å². The number of esters is 1. The summed E-state index contributed by atoms with van der Waals surface area (Å²) < 4.78 is 16.1. The Labute approximate surface area is 116 Å². The second-order valence-electron chi connectivity index (χ2n) is 5.66. The van der Waals surface area contributed by atoms with Crippen LogP contribution in [0.15, 0.2) is 0 Å². The first-order valence-corrected chi connectivity index (χ1v) is 7.40. The predicted octanol–water partition coefficient (Wildman–Crippen LogP) is 2.80. The van der Waals surface area contributed by atoms with Gasteiger partial charge in [0.2, 0.25) is 0 Å². The summed E-state index contributed by atoms with van der Waals surface area (Å²) in [5, 5.41) is 0. The quantitative estimate of drug-likeness (QED) is 0.503. The van der Waals surface area contributed by atoms with Crippen LogP contribution in [0.25, 0.3) is 0 Å². The maximum Gasteiger partial charge on any atom is 0.308 e. The molecule has 0 bridgehead atoms. The van der Waals surface area contributed by atoms with Crippen molar-refractivity contribution in [2.24, 2.45) is 11.8 Å². The third kappa shape index (κ3) is 6.92. The summed E-state index contributed by atoms with van der Waals surface area (Å²) in [6.45, 7) is 6.53. The fraction of sp³-hybridized carbons (Fsp3) is 0.933. The second kappa shape index (κ2) is 9.32. The topological polar surface area (TPSA) is 44.8 Å². The molecule has 0 atom stereocenters. The molecule has 0 aromatic heterocycles. The number of carbonyl (C=O) groups excluding carboxylic acids is 1. The van der Waals surface area contributed by atoms with Gasteiger partial charge in [-0.25, -0.2) is 0 Å². The molecule has 1 aliphatic carbocycles. The number of hydrogen-bond donors (Lipinski definition) is 0. The number of ether oxygens (including phenoxy) is 3. The van der Waals surface area contributed by atoms with Crippen LogP contribution in [-0.2, 0) is 19.0 Å². The highest BCUT2D eigenvalue weighted by molar-refractivity contribution is 5.72. The molecular formula is C15H28O4. The van der Waals surface area contributed by atoms with Gasteiger partial charge in [0.1, 0.15) is 0 Å². The van der Waals surface area contributed by atoms with Crippen molar-refractivity contribution in [3.8, 4) is 0 Å². The van der Waals surface area contributed by atoms with Crippen LogP contribution in [0.2, 0.25) is 0 Å². The number of rotatable bonds is 8. The minimum Gasteiger partial charge on any atom is -0.469 e. The summed E-state index contributed by atoms with van der Waals surface area (Å²) in [5.41, 5.74) is 0. The van der Waals surface area contributed by atoms with Gasteiger partial charge < -0.3 is 14.2 Å². The Morgan fingerprint density at radius 2 is 1.79 bits per heavy atom. The van der Waals surface area contributed by atoms with Gasteiger partial charge in [0.15, 0.2) is 0 Å². The standard InChI is InChI=1S/C15H28O4/c1-12(2)8-9-18-10-11-19-14-6-4-13(5-7-14)15(16)17-3/h12-14H,4-11H2,1-3H3. The Morgan fingerprint density at radius 3 is 2.37 bits per heavy atom. The lowest BCUT2D eigenvalue weighted by Gasteiger charge is -2.26. The maximum atomic E-state index is 11.4. The Kier molecular flexibility index (Phi) is 8.07. The van der Waals surface area contributed by atoms with Crippen molar-refractivity contribution in [3.05, 3.63) is 0 Å². The first kappa shape index (κ1) is 16.4. The van der Waals surface area contributed by atoms with E-state index in [-0.39, 0.29) is 18.0 Å². The lowest BCUT2D eigenvalue weighted by molar-refractivity contribution is -0.147.